The maximum Gasteiger partial charge on any atom is 0.405 e. The summed E-state index contributed by atoms with van der Waals surface area (Å²) in [5, 5.41) is 14.0. The highest BCUT2D eigenvalue weighted by molar-refractivity contribution is 7.91. The number of fused-ring (bicyclic) bond motifs is 3. The number of carboxylic acid groups (broad SMARTS) is 1. The number of carbonyl (C=O) groups is 4. The molecule has 3 heterocycles. The van der Waals surface area contributed by atoms with Crippen LogP contribution < -0.4 is 20.1 Å². The zero-order valence-electron chi connectivity index (χ0n) is 26.5. The number of nitrogens with zero attached hydrogens (tertiary/aromatic N) is 3. The Morgan fingerprint density at radius 2 is 1.94 bits per heavy atom. The molecule has 16 heteroatoms. The van der Waals surface area contributed by atoms with Gasteiger partial charge in [-0.15, -0.1) is 0 Å². The van der Waals surface area contributed by atoms with Crippen LogP contribution in [0, 0.1) is 11.7 Å². The molecule has 1 saturated heterocycles. The van der Waals surface area contributed by atoms with Crippen molar-refractivity contribution in [2.24, 2.45) is 5.92 Å². The molecule has 4 amide bonds. The standard InChI is InChI=1S/C32H39FN6O8S/c1-2-22-28(35-25-14-19(33)10-13-23(25)34-22)47-20-15-26-27(40)37-32(30(42)38-48(45,46)21-11-12-21)16-18(32)8-6-4-3-5-7-9-24(36-31(43)44)29(41)39(26)17-20/h6,8,10,13-14,18,20-21,24,26,36H,2-5,7,9,11-12,15-17H2,1H3,(H,37,40)(H,38,42)(H,43,44)/t18-,20-,24+,26+,32-/m1/s1. The Hall–Kier alpha value is -4.34. The van der Waals surface area contributed by atoms with Crippen LogP contribution in [-0.2, 0) is 30.8 Å². The SMILES string of the molecule is CCc1nc2ccc(F)cc2nc1O[C@@H]1C[C@H]2C(=O)N[C@]3(C(=O)NS(=O)(=O)C4CC4)C[C@H]3C=CCCCCC[C@H](NC(=O)O)C(=O)N2C1. The molecule has 4 N–H and O–H groups in total. The van der Waals surface area contributed by atoms with E-state index >= 15 is 0 Å². The van der Waals surface area contributed by atoms with Crippen molar-refractivity contribution in [2.75, 3.05) is 6.54 Å². The molecular formula is C32H39FN6O8S. The van der Waals surface area contributed by atoms with Crippen LogP contribution in [0.4, 0.5) is 9.18 Å². The van der Waals surface area contributed by atoms with Gasteiger partial charge >= 0.3 is 6.09 Å². The van der Waals surface area contributed by atoms with Crippen molar-refractivity contribution in [3.8, 4) is 5.88 Å². The van der Waals surface area contributed by atoms with Gasteiger partial charge in [-0.25, -0.2) is 27.6 Å². The lowest BCUT2D eigenvalue weighted by Gasteiger charge is -2.29. The normalized spacial score (nSPS) is 28.0. The van der Waals surface area contributed by atoms with Crippen LogP contribution in [0.25, 0.3) is 11.0 Å². The number of benzene rings is 1. The van der Waals surface area contributed by atoms with Crippen LogP contribution in [0.15, 0.2) is 30.4 Å². The molecule has 2 aliphatic carbocycles. The molecule has 1 aromatic carbocycles. The van der Waals surface area contributed by atoms with Crippen LogP contribution in [-0.4, -0.2) is 87.7 Å². The van der Waals surface area contributed by atoms with E-state index in [0.717, 1.165) is 6.42 Å². The average Bonchev–Trinajstić information content (AvgIpc) is 3.96. The first kappa shape index (κ1) is 33.6. The molecule has 2 aromatic rings. The van der Waals surface area contributed by atoms with Crippen molar-refractivity contribution >= 4 is 44.9 Å². The number of rotatable bonds is 7. The first-order valence-corrected chi connectivity index (χ1v) is 17.9. The Labute approximate surface area is 276 Å². The molecule has 1 aromatic heterocycles. The number of allylic oxidation sites excluding steroid dienone is 1. The first-order valence-electron chi connectivity index (χ1n) is 16.4. The highest BCUT2D eigenvalue weighted by Gasteiger charge is 2.62. The van der Waals surface area contributed by atoms with Gasteiger partial charge in [0.15, 0.2) is 0 Å². The molecular weight excluding hydrogens is 647 g/mol. The molecule has 3 fully saturated rings. The first-order chi connectivity index (χ1) is 22.9. The van der Waals surface area contributed by atoms with Gasteiger partial charge < -0.3 is 25.4 Å². The second-order valence-corrected chi connectivity index (χ2v) is 14.9. The Balaban J connectivity index is 1.31. The number of hydrogen-bond donors (Lipinski definition) is 4. The van der Waals surface area contributed by atoms with E-state index < -0.39 is 74.5 Å². The zero-order valence-corrected chi connectivity index (χ0v) is 27.3. The van der Waals surface area contributed by atoms with E-state index in [9.17, 15) is 37.1 Å². The fourth-order valence-corrected chi connectivity index (χ4v) is 7.89. The lowest BCUT2D eigenvalue weighted by Crippen LogP contribution is -2.58. The number of nitrogens with one attached hydrogen (secondary N) is 3. The fourth-order valence-electron chi connectivity index (χ4n) is 6.53. The highest BCUT2D eigenvalue weighted by Crippen LogP contribution is 2.46. The van der Waals surface area contributed by atoms with E-state index in [2.05, 4.69) is 25.3 Å². The number of aromatic nitrogens is 2. The summed E-state index contributed by atoms with van der Waals surface area (Å²) in [6.07, 6.45) is 5.86. The predicted molar refractivity (Wildman–Crippen MR) is 170 cm³/mol. The number of amides is 4. The van der Waals surface area contributed by atoms with Crippen LogP contribution in [0.5, 0.6) is 5.88 Å². The van der Waals surface area contributed by atoms with Gasteiger partial charge in [0.1, 0.15) is 35.2 Å². The number of halogens is 1. The molecule has 2 saturated carbocycles. The largest absolute Gasteiger partial charge is 0.471 e. The molecule has 0 spiro atoms. The number of carbonyl (C=O) groups excluding carboxylic acids is 3. The molecule has 258 valence electrons. The van der Waals surface area contributed by atoms with Crippen molar-refractivity contribution in [2.45, 2.75) is 100 Å². The number of aryl methyl sites for hydroxylation is 1. The molecule has 0 unspecified atom stereocenters. The Morgan fingerprint density at radius 1 is 1.15 bits per heavy atom. The molecule has 6 rings (SSSR count). The van der Waals surface area contributed by atoms with Gasteiger partial charge in [0.25, 0.3) is 5.91 Å². The smallest absolute Gasteiger partial charge is 0.405 e. The van der Waals surface area contributed by atoms with Crippen LogP contribution in [0.2, 0.25) is 0 Å². The van der Waals surface area contributed by atoms with Crippen molar-refractivity contribution in [3.05, 3.63) is 41.9 Å². The average molecular weight is 687 g/mol. The van der Waals surface area contributed by atoms with E-state index in [0.29, 0.717) is 49.7 Å². The molecule has 14 nitrogen and oxygen atoms in total. The monoisotopic (exact) mass is 686 g/mol. The molecule has 0 radical (unpaired) electrons. The lowest BCUT2D eigenvalue weighted by atomic mass is 10.1. The molecule has 48 heavy (non-hydrogen) atoms. The summed E-state index contributed by atoms with van der Waals surface area (Å²) >= 11 is 0. The van der Waals surface area contributed by atoms with Crippen molar-refractivity contribution in [1.82, 2.24) is 30.2 Å². The third-order valence-corrected chi connectivity index (χ3v) is 11.2. The quantitative estimate of drug-likeness (QED) is 0.314. The minimum absolute atomic E-state index is 0.0397. The molecule has 0 bridgehead atoms. The van der Waals surface area contributed by atoms with Gasteiger partial charge in [-0.05, 0) is 57.1 Å². The predicted octanol–water partition coefficient (Wildman–Crippen LogP) is 2.32. The zero-order chi connectivity index (χ0) is 34.2. The second kappa shape index (κ2) is 13.3. The maximum absolute atomic E-state index is 14.1. The van der Waals surface area contributed by atoms with E-state index in [1.807, 2.05) is 19.1 Å². The number of sulfonamides is 1. The fraction of sp³-hybridized carbons (Fsp3) is 0.562. The number of ether oxygens (including phenoxy) is 1. The summed E-state index contributed by atoms with van der Waals surface area (Å²) in [6.45, 7) is 1.73. The summed E-state index contributed by atoms with van der Waals surface area (Å²) < 4.78 is 47.8. The Morgan fingerprint density at radius 3 is 2.67 bits per heavy atom. The molecule has 4 aliphatic rings. The van der Waals surface area contributed by atoms with E-state index in [1.54, 1.807) is 0 Å². The highest BCUT2D eigenvalue weighted by atomic mass is 32.2. The van der Waals surface area contributed by atoms with Gasteiger partial charge in [0.05, 0.1) is 22.8 Å². The van der Waals surface area contributed by atoms with Gasteiger partial charge in [-0.2, -0.15) is 0 Å². The summed E-state index contributed by atoms with van der Waals surface area (Å²) in [5.41, 5.74) is -0.320. The summed E-state index contributed by atoms with van der Waals surface area (Å²) in [5.74, 6) is -3.00. The van der Waals surface area contributed by atoms with E-state index in [1.165, 1.54) is 23.1 Å². The maximum atomic E-state index is 14.1. The Bertz CT molecular complexity index is 1770. The third kappa shape index (κ3) is 7.08. The molecule has 2 aliphatic heterocycles. The lowest BCUT2D eigenvalue weighted by molar-refractivity contribution is -0.141. The van der Waals surface area contributed by atoms with Gasteiger partial charge in [-0.1, -0.05) is 31.9 Å². The van der Waals surface area contributed by atoms with Crippen molar-refractivity contribution < 1.29 is 41.8 Å². The molecule has 5 atom stereocenters. The van der Waals surface area contributed by atoms with Gasteiger partial charge in [0, 0.05) is 18.4 Å². The topological polar surface area (TPSA) is 197 Å². The Kier molecular flexibility index (Phi) is 9.29. The third-order valence-electron chi connectivity index (χ3n) is 9.42. The summed E-state index contributed by atoms with van der Waals surface area (Å²) in [4.78, 5) is 63.5. The van der Waals surface area contributed by atoms with Crippen LogP contribution >= 0.6 is 0 Å². The van der Waals surface area contributed by atoms with Crippen LogP contribution in [0.1, 0.15) is 70.4 Å². The summed E-state index contributed by atoms with van der Waals surface area (Å²) in [7, 11) is -3.90. The van der Waals surface area contributed by atoms with Crippen LogP contribution in [0.3, 0.4) is 0 Å². The minimum Gasteiger partial charge on any atom is -0.471 e. The van der Waals surface area contributed by atoms with E-state index in [-0.39, 0.29) is 37.2 Å². The van der Waals surface area contributed by atoms with Gasteiger partial charge in [0.2, 0.25) is 27.7 Å². The van der Waals surface area contributed by atoms with Gasteiger partial charge in [-0.3, -0.25) is 19.1 Å². The summed E-state index contributed by atoms with van der Waals surface area (Å²) in [6, 6.07) is 1.69. The van der Waals surface area contributed by atoms with E-state index in [4.69, 9.17) is 4.74 Å². The van der Waals surface area contributed by atoms with Crippen molar-refractivity contribution in [1.29, 1.82) is 0 Å². The van der Waals surface area contributed by atoms with Crippen molar-refractivity contribution in [3.63, 3.8) is 0 Å². The second-order valence-electron chi connectivity index (χ2n) is 13.0. The number of hydrogen-bond acceptors (Lipinski definition) is 9. The minimum atomic E-state index is -3.90.